The number of allylic oxidation sites excluding steroid dienone is 12. The van der Waals surface area contributed by atoms with Crippen molar-refractivity contribution in [3.05, 3.63) is 72.9 Å². The van der Waals surface area contributed by atoms with E-state index in [1.165, 1.54) is 148 Å². The lowest BCUT2D eigenvalue weighted by Crippen LogP contribution is -2.30. The van der Waals surface area contributed by atoms with E-state index in [2.05, 4.69) is 93.7 Å². The number of unbranched alkanes of at least 4 members (excludes halogenated alkanes) is 29. The third-order valence-electron chi connectivity index (χ3n) is 12.4. The molecule has 0 rings (SSSR count). The van der Waals surface area contributed by atoms with E-state index in [4.69, 9.17) is 14.2 Å². The Morgan fingerprint density at radius 2 is 0.574 bits per heavy atom. The van der Waals surface area contributed by atoms with Gasteiger partial charge in [0.25, 0.3) is 0 Å². The average molecular weight is 950 g/mol. The van der Waals surface area contributed by atoms with Gasteiger partial charge in [0.15, 0.2) is 6.10 Å². The third-order valence-corrected chi connectivity index (χ3v) is 12.4. The first kappa shape index (κ1) is 64.8. The number of hydrogen-bond acceptors (Lipinski definition) is 6. The average Bonchev–Trinajstić information content (AvgIpc) is 3.34. The Balaban J connectivity index is 4.36. The van der Waals surface area contributed by atoms with Crippen LogP contribution in [0.4, 0.5) is 0 Å². The Kier molecular flexibility index (Phi) is 53.8. The van der Waals surface area contributed by atoms with Crippen molar-refractivity contribution in [1.82, 2.24) is 0 Å². The molecule has 0 N–H and O–H groups in total. The first-order valence-electron chi connectivity index (χ1n) is 28.9. The summed E-state index contributed by atoms with van der Waals surface area (Å²) in [7, 11) is 0. The molecule has 0 amide bonds. The quantitative estimate of drug-likeness (QED) is 0.0262. The fourth-order valence-electron chi connectivity index (χ4n) is 8.07. The Morgan fingerprint density at radius 3 is 0.941 bits per heavy atom. The first-order chi connectivity index (χ1) is 33.5. The molecule has 0 aromatic carbocycles. The zero-order valence-corrected chi connectivity index (χ0v) is 44.9. The molecule has 0 saturated heterocycles. The fraction of sp³-hybridized carbons (Fsp3) is 0.758. The summed E-state index contributed by atoms with van der Waals surface area (Å²) in [5, 5.41) is 0. The van der Waals surface area contributed by atoms with Crippen molar-refractivity contribution in [3.63, 3.8) is 0 Å². The molecule has 0 aliphatic rings. The van der Waals surface area contributed by atoms with Crippen molar-refractivity contribution in [2.45, 2.75) is 290 Å². The van der Waals surface area contributed by atoms with Crippen LogP contribution in [-0.2, 0) is 28.6 Å². The van der Waals surface area contributed by atoms with Gasteiger partial charge in [-0.05, 0) is 109 Å². The summed E-state index contributed by atoms with van der Waals surface area (Å²) >= 11 is 0. The van der Waals surface area contributed by atoms with Crippen molar-refractivity contribution in [2.24, 2.45) is 0 Å². The minimum Gasteiger partial charge on any atom is -0.462 e. The highest BCUT2D eigenvalue weighted by Gasteiger charge is 2.19. The number of carbonyl (C=O) groups is 3. The summed E-state index contributed by atoms with van der Waals surface area (Å²) in [6, 6.07) is 0. The van der Waals surface area contributed by atoms with Crippen LogP contribution in [0.2, 0.25) is 0 Å². The van der Waals surface area contributed by atoms with Gasteiger partial charge in [-0.15, -0.1) is 0 Å². The molecule has 0 aliphatic heterocycles. The largest absolute Gasteiger partial charge is 0.462 e. The van der Waals surface area contributed by atoms with Gasteiger partial charge in [0.1, 0.15) is 13.2 Å². The van der Waals surface area contributed by atoms with Crippen LogP contribution >= 0.6 is 0 Å². The topological polar surface area (TPSA) is 78.9 Å². The van der Waals surface area contributed by atoms with Crippen molar-refractivity contribution >= 4 is 17.9 Å². The van der Waals surface area contributed by atoms with Crippen molar-refractivity contribution in [3.8, 4) is 0 Å². The van der Waals surface area contributed by atoms with E-state index in [-0.39, 0.29) is 31.1 Å². The molecule has 1 atom stereocenters. The van der Waals surface area contributed by atoms with E-state index in [0.717, 1.165) is 96.3 Å². The number of ether oxygens (including phenoxy) is 3. The minimum atomic E-state index is -0.784. The summed E-state index contributed by atoms with van der Waals surface area (Å²) in [5.41, 5.74) is 0. The molecule has 0 heterocycles. The molecule has 0 saturated carbocycles. The smallest absolute Gasteiger partial charge is 0.306 e. The molecule has 6 heteroatoms. The van der Waals surface area contributed by atoms with Gasteiger partial charge in [-0.1, -0.05) is 229 Å². The van der Waals surface area contributed by atoms with Crippen LogP contribution < -0.4 is 0 Å². The highest BCUT2D eigenvalue weighted by atomic mass is 16.6. The SMILES string of the molecule is CC/C=C\C/C=C\C/C=C\C/C=C\CCCCCCCCCCC(=O)OCC(COC(=O)CCCCCCC/C=C\CCCCC)OC(=O)CCCCCCCCC/C=C\CCCCCCCC. The van der Waals surface area contributed by atoms with Crippen LogP contribution in [0.3, 0.4) is 0 Å². The minimum absolute atomic E-state index is 0.0832. The summed E-state index contributed by atoms with van der Waals surface area (Å²) in [6.07, 6.45) is 71.7. The summed E-state index contributed by atoms with van der Waals surface area (Å²) in [5.74, 6) is -0.896. The predicted molar refractivity (Wildman–Crippen MR) is 293 cm³/mol. The summed E-state index contributed by atoms with van der Waals surface area (Å²) in [4.78, 5) is 38.1. The summed E-state index contributed by atoms with van der Waals surface area (Å²) < 4.78 is 16.9. The molecule has 392 valence electrons. The van der Waals surface area contributed by atoms with Crippen molar-refractivity contribution in [2.75, 3.05) is 13.2 Å². The van der Waals surface area contributed by atoms with Gasteiger partial charge >= 0.3 is 17.9 Å². The summed E-state index contributed by atoms with van der Waals surface area (Å²) in [6.45, 7) is 6.50. The lowest BCUT2D eigenvalue weighted by molar-refractivity contribution is -0.167. The molecule has 0 fully saturated rings. The van der Waals surface area contributed by atoms with E-state index >= 15 is 0 Å². The third kappa shape index (κ3) is 53.8. The van der Waals surface area contributed by atoms with Crippen LogP contribution in [-0.4, -0.2) is 37.2 Å². The molecular weight excluding hydrogens is 841 g/mol. The van der Waals surface area contributed by atoms with Crippen LogP contribution in [0.1, 0.15) is 284 Å². The van der Waals surface area contributed by atoms with E-state index in [1.54, 1.807) is 0 Å². The Labute approximate surface area is 421 Å². The van der Waals surface area contributed by atoms with Gasteiger partial charge in [-0.3, -0.25) is 14.4 Å². The standard InChI is InChI=1S/C62H108O6/c1-4-7-10-13-16-19-22-25-27-29-30-31-32-34-35-37-40-43-46-49-52-55-61(64)67-58-59(57-66-60(63)54-51-48-45-42-39-24-21-18-15-12-9-6-3)68-62(65)56-53-50-47-44-41-38-36-33-28-26-23-20-17-14-11-8-5-2/h7,10,16,18-19,21,25-28,30-31,59H,4-6,8-9,11-15,17,20,22-24,29,32-58H2,1-3H3/b10-7-,19-16-,21-18-,27-25-,28-26-,31-30-. The number of carbonyl (C=O) groups excluding carboxylic acids is 3. The molecule has 0 aromatic heterocycles. The molecule has 0 bridgehead atoms. The number of esters is 3. The normalized spacial score (nSPS) is 12.6. The van der Waals surface area contributed by atoms with Crippen LogP contribution in [0, 0.1) is 0 Å². The van der Waals surface area contributed by atoms with Gasteiger partial charge in [0.2, 0.25) is 0 Å². The first-order valence-corrected chi connectivity index (χ1v) is 28.9. The maximum atomic E-state index is 12.9. The molecule has 0 radical (unpaired) electrons. The Hall–Kier alpha value is -3.15. The highest BCUT2D eigenvalue weighted by Crippen LogP contribution is 2.15. The second kappa shape index (κ2) is 56.4. The van der Waals surface area contributed by atoms with Crippen molar-refractivity contribution < 1.29 is 28.6 Å². The molecule has 1 unspecified atom stereocenters. The zero-order chi connectivity index (χ0) is 49.3. The second-order valence-electron chi connectivity index (χ2n) is 19.2. The monoisotopic (exact) mass is 949 g/mol. The van der Waals surface area contributed by atoms with E-state index in [1.807, 2.05) is 0 Å². The lowest BCUT2D eigenvalue weighted by Gasteiger charge is -2.18. The number of hydrogen-bond donors (Lipinski definition) is 0. The van der Waals surface area contributed by atoms with E-state index < -0.39 is 6.10 Å². The zero-order valence-electron chi connectivity index (χ0n) is 44.9. The lowest BCUT2D eigenvalue weighted by atomic mass is 10.1. The number of rotatable bonds is 52. The molecule has 0 aliphatic carbocycles. The van der Waals surface area contributed by atoms with Crippen molar-refractivity contribution in [1.29, 1.82) is 0 Å². The maximum absolute atomic E-state index is 12.9. The van der Waals surface area contributed by atoms with E-state index in [9.17, 15) is 14.4 Å². The molecule has 0 aromatic rings. The Morgan fingerprint density at radius 1 is 0.309 bits per heavy atom. The van der Waals surface area contributed by atoms with E-state index in [0.29, 0.717) is 19.3 Å². The Bertz CT molecular complexity index is 1270. The van der Waals surface area contributed by atoms with Crippen LogP contribution in [0.25, 0.3) is 0 Å². The molecule has 0 spiro atoms. The van der Waals surface area contributed by atoms with Gasteiger partial charge < -0.3 is 14.2 Å². The second-order valence-corrected chi connectivity index (χ2v) is 19.2. The molecule has 68 heavy (non-hydrogen) atoms. The fourth-order valence-corrected chi connectivity index (χ4v) is 8.07. The highest BCUT2D eigenvalue weighted by molar-refractivity contribution is 5.71. The van der Waals surface area contributed by atoms with Crippen LogP contribution in [0.5, 0.6) is 0 Å². The molecular formula is C62H108O6. The van der Waals surface area contributed by atoms with Gasteiger partial charge in [0.05, 0.1) is 0 Å². The maximum Gasteiger partial charge on any atom is 0.306 e. The van der Waals surface area contributed by atoms with Gasteiger partial charge in [-0.2, -0.15) is 0 Å². The van der Waals surface area contributed by atoms with Gasteiger partial charge in [0, 0.05) is 19.3 Å². The van der Waals surface area contributed by atoms with Crippen LogP contribution in [0.15, 0.2) is 72.9 Å². The van der Waals surface area contributed by atoms with Gasteiger partial charge in [-0.25, -0.2) is 0 Å². The predicted octanol–water partition coefficient (Wildman–Crippen LogP) is 19.4. The molecule has 6 nitrogen and oxygen atoms in total.